The molecule has 0 aliphatic carbocycles. The Kier molecular flexibility index (Phi) is 4.18. The molecule has 1 nitrogen and oxygen atoms in total. The first-order chi connectivity index (χ1) is 9.08. The van der Waals surface area contributed by atoms with Crippen LogP contribution < -0.4 is 0 Å². The molecule has 2 aromatic carbocycles. The predicted molar refractivity (Wildman–Crippen MR) is 80.7 cm³/mol. The molecule has 0 saturated carbocycles. The molecule has 0 spiro atoms. The van der Waals surface area contributed by atoms with E-state index in [-0.39, 0.29) is 5.78 Å². The lowest BCUT2D eigenvalue weighted by atomic mass is 10.0. The number of halogens is 1. The van der Waals surface area contributed by atoms with Gasteiger partial charge in [-0.3, -0.25) is 4.79 Å². The summed E-state index contributed by atoms with van der Waals surface area (Å²) in [5.74, 6) is -0.00239. The Morgan fingerprint density at radius 3 is 2.53 bits per heavy atom. The summed E-state index contributed by atoms with van der Waals surface area (Å²) in [4.78, 5) is 12.1. The van der Waals surface area contributed by atoms with Crippen molar-refractivity contribution >= 4 is 23.5 Å². The fourth-order valence-corrected chi connectivity index (χ4v) is 2.15. The maximum atomic E-state index is 12.1. The van der Waals surface area contributed by atoms with Gasteiger partial charge in [0.2, 0.25) is 0 Å². The average molecular weight is 271 g/mol. The molecule has 0 aliphatic rings. The number of rotatable bonds is 3. The molecule has 0 aromatic heterocycles. The molecule has 0 amide bonds. The molecule has 19 heavy (non-hydrogen) atoms. The predicted octanol–water partition coefficient (Wildman–Crippen LogP) is 4.85. The van der Waals surface area contributed by atoms with E-state index in [1.165, 1.54) is 0 Å². The first kappa shape index (κ1) is 13.6. The third-order valence-corrected chi connectivity index (χ3v) is 3.31. The summed E-state index contributed by atoms with van der Waals surface area (Å²) >= 11 is 6.04. The fourth-order valence-electron chi connectivity index (χ4n) is 1.96. The monoisotopic (exact) mass is 270 g/mol. The third-order valence-electron chi connectivity index (χ3n) is 2.97. The van der Waals surface area contributed by atoms with Crippen molar-refractivity contribution < 1.29 is 4.79 Å². The lowest BCUT2D eigenvalue weighted by Crippen LogP contribution is -1.98. The summed E-state index contributed by atoms with van der Waals surface area (Å²) < 4.78 is 0. The maximum absolute atomic E-state index is 12.1. The minimum Gasteiger partial charge on any atom is -0.289 e. The second-order valence-electron chi connectivity index (χ2n) is 4.54. The lowest BCUT2D eigenvalue weighted by Gasteiger charge is -2.03. The van der Waals surface area contributed by atoms with E-state index >= 15 is 0 Å². The van der Waals surface area contributed by atoms with Gasteiger partial charge in [0.25, 0.3) is 0 Å². The molecule has 0 N–H and O–H groups in total. The van der Waals surface area contributed by atoms with Gasteiger partial charge in [0, 0.05) is 10.6 Å². The normalized spacial score (nSPS) is 10.9. The van der Waals surface area contributed by atoms with Crippen LogP contribution in [0, 0.1) is 13.8 Å². The molecule has 0 bridgehead atoms. The minimum atomic E-state index is -0.00239. The lowest BCUT2D eigenvalue weighted by molar-refractivity contribution is 0.104. The summed E-state index contributed by atoms with van der Waals surface area (Å²) in [5, 5.41) is 0.646. The molecular weight excluding hydrogens is 256 g/mol. The van der Waals surface area contributed by atoms with Crippen molar-refractivity contribution in [3.05, 3.63) is 75.8 Å². The topological polar surface area (TPSA) is 17.1 Å². The molecule has 2 rings (SSSR count). The quantitative estimate of drug-likeness (QED) is 0.575. The van der Waals surface area contributed by atoms with E-state index in [0.29, 0.717) is 5.02 Å². The van der Waals surface area contributed by atoms with Crippen molar-refractivity contribution in [1.29, 1.82) is 0 Å². The van der Waals surface area contributed by atoms with Crippen molar-refractivity contribution in [2.75, 3.05) is 0 Å². The highest BCUT2D eigenvalue weighted by Gasteiger charge is 2.05. The third kappa shape index (κ3) is 3.33. The highest BCUT2D eigenvalue weighted by atomic mass is 35.5. The molecule has 0 saturated heterocycles. The van der Waals surface area contributed by atoms with Crippen LogP contribution in [0.4, 0.5) is 0 Å². The van der Waals surface area contributed by atoms with Gasteiger partial charge in [0.1, 0.15) is 0 Å². The summed E-state index contributed by atoms with van der Waals surface area (Å²) in [6.45, 7) is 3.96. The van der Waals surface area contributed by atoms with Gasteiger partial charge in [-0.15, -0.1) is 0 Å². The van der Waals surface area contributed by atoms with Crippen LogP contribution in [0.1, 0.15) is 27.0 Å². The van der Waals surface area contributed by atoms with Gasteiger partial charge >= 0.3 is 0 Å². The van der Waals surface area contributed by atoms with Gasteiger partial charge in [-0.25, -0.2) is 0 Å². The van der Waals surface area contributed by atoms with Crippen LogP contribution >= 0.6 is 11.6 Å². The number of ketones is 1. The van der Waals surface area contributed by atoms with Crippen LogP contribution in [-0.4, -0.2) is 5.78 Å². The molecule has 0 atom stereocenters. The van der Waals surface area contributed by atoms with E-state index in [9.17, 15) is 4.79 Å². The van der Waals surface area contributed by atoms with E-state index in [2.05, 4.69) is 0 Å². The Bertz CT molecular complexity index is 641. The summed E-state index contributed by atoms with van der Waals surface area (Å²) in [6, 6.07) is 13.3. The zero-order chi connectivity index (χ0) is 13.8. The number of hydrogen-bond acceptors (Lipinski definition) is 1. The molecule has 96 valence electrons. The molecule has 0 radical (unpaired) electrons. The second kappa shape index (κ2) is 5.85. The maximum Gasteiger partial charge on any atom is 0.186 e. The van der Waals surface area contributed by atoms with Gasteiger partial charge in [-0.1, -0.05) is 53.6 Å². The van der Waals surface area contributed by atoms with E-state index in [1.807, 2.05) is 56.3 Å². The number of benzene rings is 2. The molecule has 0 aliphatic heterocycles. The second-order valence-corrected chi connectivity index (χ2v) is 4.94. The average Bonchev–Trinajstić information content (AvgIpc) is 2.37. The van der Waals surface area contributed by atoms with Gasteiger partial charge < -0.3 is 0 Å². The summed E-state index contributed by atoms with van der Waals surface area (Å²) in [6.07, 6.45) is 3.32. The Balaban J connectivity index is 2.24. The molecular formula is C17H15ClO. The van der Waals surface area contributed by atoms with Crippen LogP contribution in [0.5, 0.6) is 0 Å². The molecule has 0 heterocycles. The Labute approximate surface area is 118 Å². The van der Waals surface area contributed by atoms with Crippen molar-refractivity contribution in [3.63, 3.8) is 0 Å². The highest BCUT2D eigenvalue weighted by Crippen LogP contribution is 2.17. The van der Waals surface area contributed by atoms with E-state index in [1.54, 1.807) is 12.2 Å². The van der Waals surface area contributed by atoms with Crippen LogP contribution in [0.2, 0.25) is 5.02 Å². The van der Waals surface area contributed by atoms with Crippen LogP contribution in [0.3, 0.4) is 0 Å². The Hall–Kier alpha value is -1.86. The highest BCUT2D eigenvalue weighted by molar-refractivity contribution is 6.32. The van der Waals surface area contributed by atoms with Gasteiger partial charge in [-0.2, -0.15) is 0 Å². The number of aryl methyl sites for hydroxylation is 2. The molecule has 0 unspecified atom stereocenters. The van der Waals surface area contributed by atoms with E-state index in [0.717, 1.165) is 22.3 Å². The largest absolute Gasteiger partial charge is 0.289 e. The Morgan fingerprint density at radius 2 is 1.84 bits per heavy atom. The van der Waals surface area contributed by atoms with Crippen molar-refractivity contribution in [2.24, 2.45) is 0 Å². The minimum absolute atomic E-state index is 0.00239. The fraction of sp³-hybridized carbons (Fsp3) is 0.118. The summed E-state index contributed by atoms with van der Waals surface area (Å²) in [5.41, 5.74) is 3.73. The van der Waals surface area contributed by atoms with Crippen molar-refractivity contribution in [2.45, 2.75) is 13.8 Å². The molecule has 2 aromatic rings. The van der Waals surface area contributed by atoms with Crippen LogP contribution in [0.15, 0.2) is 48.5 Å². The summed E-state index contributed by atoms with van der Waals surface area (Å²) in [7, 11) is 0. The van der Waals surface area contributed by atoms with Crippen molar-refractivity contribution in [3.8, 4) is 0 Å². The first-order valence-corrected chi connectivity index (χ1v) is 6.50. The zero-order valence-electron chi connectivity index (χ0n) is 11.0. The smallest absolute Gasteiger partial charge is 0.186 e. The van der Waals surface area contributed by atoms with Gasteiger partial charge in [-0.05, 0) is 43.2 Å². The number of carbonyl (C=O) groups excluding carboxylic acids is 1. The number of carbonyl (C=O) groups is 1. The van der Waals surface area contributed by atoms with Crippen LogP contribution in [0.25, 0.3) is 6.08 Å². The zero-order valence-corrected chi connectivity index (χ0v) is 11.7. The van der Waals surface area contributed by atoms with Crippen LogP contribution in [-0.2, 0) is 0 Å². The van der Waals surface area contributed by atoms with E-state index in [4.69, 9.17) is 11.6 Å². The van der Waals surface area contributed by atoms with Gasteiger partial charge in [0.15, 0.2) is 5.78 Å². The van der Waals surface area contributed by atoms with Crippen molar-refractivity contribution in [1.82, 2.24) is 0 Å². The molecule has 2 heteroatoms. The van der Waals surface area contributed by atoms with Gasteiger partial charge in [0.05, 0.1) is 0 Å². The molecule has 0 fully saturated rings. The van der Waals surface area contributed by atoms with E-state index < -0.39 is 0 Å². The number of allylic oxidation sites excluding steroid dienone is 1. The first-order valence-electron chi connectivity index (χ1n) is 6.12. The Morgan fingerprint density at radius 1 is 1.11 bits per heavy atom. The standard InChI is InChI=1S/C17H15ClO/c1-12-7-9-15(13(2)11-12)17(19)10-8-14-5-3-4-6-16(14)18/h3-11H,1-2H3. The SMILES string of the molecule is Cc1ccc(C(=O)C=Cc2ccccc2Cl)c(C)c1. The number of hydrogen-bond donors (Lipinski definition) is 0.